The highest BCUT2D eigenvalue weighted by Gasteiger charge is 2.00. The summed E-state index contributed by atoms with van der Waals surface area (Å²) >= 11 is 0. The number of carbonyl (C=O) groups excluding carboxylic acids is 1. The molecule has 2 rings (SSSR count). The van der Waals surface area contributed by atoms with Crippen molar-refractivity contribution in [2.24, 2.45) is 0 Å². The van der Waals surface area contributed by atoms with E-state index in [0.717, 1.165) is 11.1 Å². The standard InChI is InChI=1S/C17H14O/c1-13-3-7-15(8-4-13)9-12-17(18)16-10-5-14(2)6-11-16/h3-8,10-11H,1-2H3. The van der Waals surface area contributed by atoms with Crippen molar-refractivity contribution in [1.82, 2.24) is 0 Å². The minimum atomic E-state index is -0.143. The second kappa shape index (κ2) is 5.33. The molecule has 0 bridgehead atoms. The zero-order chi connectivity index (χ0) is 13.0. The molecule has 1 heteroatoms. The summed E-state index contributed by atoms with van der Waals surface area (Å²) in [7, 11) is 0. The number of carbonyl (C=O) groups is 1. The molecule has 0 aromatic heterocycles. The van der Waals surface area contributed by atoms with Gasteiger partial charge >= 0.3 is 0 Å². The Hall–Kier alpha value is -2.33. The van der Waals surface area contributed by atoms with Gasteiger partial charge in [0.15, 0.2) is 0 Å². The number of Topliss-reactive ketones (excluding diaryl/α,β-unsaturated/α-hetero) is 1. The van der Waals surface area contributed by atoms with E-state index in [1.165, 1.54) is 5.56 Å². The van der Waals surface area contributed by atoms with Gasteiger partial charge in [-0.3, -0.25) is 4.79 Å². The monoisotopic (exact) mass is 234 g/mol. The summed E-state index contributed by atoms with van der Waals surface area (Å²) in [6, 6.07) is 15.3. The molecule has 2 aromatic carbocycles. The van der Waals surface area contributed by atoms with E-state index in [0.29, 0.717) is 5.56 Å². The molecule has 0 N–H and O–H groups in total. The molecule has 0 aliphatic carbocycles. The van der Waals surface area contributed by atoms with Gasteiger partial charge in [-0.2, -0.15) is 0 Å². The number of hydrogen-bond acceptors (Lipinski definition) is 1. The molecule has 88 valence electrons. The van der Waals surface area contributed by atoms with Crippen LogP contribution in [0.4, 0.5) is 0 Å². The van der Waals surface area contributed by atoms with Gasteiger partial charge < -0.3 is 0 Å². The normalized spacial score (nSPS) is 9.44. The van der Waals surface area contributed by atoms with Crippen molar-refractivity contribution in [2.75, 3.05) is 0 Å². The lowest BCUT2D eigenvalue weighted by Gasteiger charge is -1.95. The Labute approximate surface area is 107 Å². The van der Waals surface area contributed by atoms with Crippen molar-refractivity contribution >= 4 is 5.78 Å². The SMILES string of the molecule is Cc1ccc(C#CC(=O)c2ccc(C)cc2)cc1. The molecule has 2 aromatic rings. The van der Waals surface area contributed by atoms with Crippen LogP contribution in [0.2, 0.25) is 0 Å². The number of hydrogen-bond donors (Lipinski definition) is 0. The van der Waals surface area contributed by atoms with Crippen LogP contribution in [0.1, 0.15) is 27.0 Å². The summed E-state index contributed by atoms with van der Waals surface area (Å²) in [5, 5.41) is 0. The minimum Gasteiger partial charge on any atom is -0.279 e. The Morgan fingerprint density at radius 2 is 1.33 bits per heavy atom. The van der Waals surface area contributed by atoms with E-state index in [1.54, 1.807) is 0 Å². The number of ketones is 1. The lowest BCUT2D eigenvalue weighted by Crippen LogP contribution is -1.94. The van der Waals surface area contributed by atoms with Crippen molar-refractivity contribution in [3.05, 3.63) is 70.8 Å². The van der Waals surface area contributed by atoms with Crippen LogP contribution >= 0.6 is 0 Å². The highest BCUT2D eigenvalue weighted by molar-refractivity contribution is 6.09. The van der Waals surface area contributed by atoms with Gasteiger partial charge in [-0.15, -0.1) is 0 Å². The first kappa shape index (κ1) is 12.1. The van der Waals surface area contributed by atoms with Crippen molar-refractivity contribution in [1.29, 1.82) is 0 Å². The predicted molar refractivity (Wildman–Crippen MR) is 73.6 cm³/mol. The Balaban J connectivity index is 2.17. The Morgan fingerprint density at radius 3 is 1.89 bits per heavy atom. The quantitative estimate of drug-likeness (QED) is 0.545. The molecule has 18 heavy (non-hydrogen) atoms. The molecule has 1 nitrogen and oxygen atoms in total. The van der Waals surface area contributed by atoms with Crippen LogP contribution in [0, 0.1) is 25.7 Å². The van der Waals surface area contributed by atoms with E-state index >= 15 is 0 Å². The summed E-state index contributed by atoms with van der Waals surface area (Å²) in [5.41, 5.74) is 3.82. The van der Waals surface area contributed by atoms with E-state index in [1.807, 2.05) is 62.4 Å². The van der Waals surface area contributed by atoms with E-state index in [4.69, 9.17) is 0 Å². The molecule has 0 spiro atoms. The third kappa shape index (κ3) is 3.09. The van der Waals surface area contributed by atoms with Gasteiger partial charge in [-0.1, -0.05) is 53.4 Å². The van der Waals surface area contributed by atoms with Crippen molar-refractivity contribution < 1.29 is 4.79 Å². The van der Waals surface area contributed by atoms with Crippen LogP contribution in [0.25, 0.3) is 0 Å². The second-order valence-electron chi connectivity index (χ2n) is 4.31. The summed E-state index contributed by atoms with van der Waals surface area (Å²) in [6.07, 6.45) is 0. The summed E-state index contributed by atoms with van der Waals surface area (Å²) in [4.78, 5) is 11.8. The summed E-state index contributed by atoms with van der Waals surface area (Å²) < 4.78 is 0. The number of aryl methyl sites for hydroxylation is 2. The zero-order valence-electron chi connectivity index (χ0n) is 10.5. The third-order valence-corrected chi connectivity index (χ3v) is 2.69. The van der Waals surface area contributed by atoms with Crippen LogP contribution in [0.3, 0.4) is 0 Å². The van der Waals surface area contributed by atoms with Crippen LogP contribution in [-0.2, 0) is 0 Å². The molecule has 0 unspecified atom stereocenters. The van der Waals surface area contributed by atoms with Crippen LogP contribution in [-0.4, -0.2) is 5.78 Å². The van der Waals surface area contributed by atoms with E-state index in [9.17, 15) is 4.79 Å². The topological polar surface area (TPSA) is 17.1 Å². The fourth-order valence-corrected chi connectivity index (χ4v) is 1.54. The molecular formula is C17H14O. The number of benzene rings is 2. The molecule has 0 saturated carbocycles. The maximum Gasteiger partial charge on any atom is 0.236 e. The van der Waals surface area contributed by atoms with E-state index < -0.39 is 0 Å². The zero-order valence-corrected chi connectivity index (χ0v) is 10.5. The fraction of sp³-hybridized carbons (Fsp3) is 0.118. The first-order valence-corrected chi connectivity index (χ1v) is 5.85. The molecule has 0 saturated heterocycles. The van der Waals surface area contributed by atoms with Gasteiger partial charge in [0.25, 0.3) is 0 Å². The average Bonchev–Trinajstić information content (AvgIpc) is 2.38. The van der Waals surface area contributed by atoms with Gasteiger partial charge in [0, 0.05) is 11.1 Å². The number of rotatable bonds is 1. The summed E-state index contributed by atoms with van der Waals surface area (Å²) in [5.74, 6) is 5.41. The molecule has 0 atom stereocenters. The van der Waals surface area contributed by atoms with Gasteiger partial charge in [0.05, 0.1) is 0 Å². The van der Waals surface area contributed by atoms with Crippen molar-refractivity contribution in [3.63, 3.8) is 0 Å². The van der Waals surface area contributed by atoms with Gasteiger partial charge in [0.1, 0.15) is 0 Å². The largest absolute Gasteiger partial charge is 0.279 e. The molecule has 0 amide bonds. The average molecular weight is 234 g/mol. The molecular weight excluding hydrogens is 220 g/mol. The Morgan fingerprint density at radius 1 is 0.833 bits per heavy atom. The summed E-state index contributed by atoms with van der Waals surface area (Å²) in [6.45, 7) is 4.01. The van der Waals surface area contributed by atoms with Crippen molar-refractivity contribution in [3.8, 4) is 11.8 Å². The first-order valence-electron chi connectivity index (χ1n) is 5.85. The van der Waals surface area contributed by atoms with Crippen molar-refractivity contribution in [2.45, 2.75) is 13.8 Å². The second-order valence-corrected chi connectivity index (χ2v) is 4.31. The molecule has 0 heterocycles. The fourth-order valence-electron chi connectivity index (χ4n) is 1.54. The predicted octanol–water partition coefficient (Wildman–Crippen LogP) is 3.54. The van der Waals surface area contributed by atoms with Gasteiger partial charge in [-0.05, 0) is 31.9 Å². The molecule has 0 aliphatic heterocycles. The lowest BCUT2D eigenvalue weighted by molar-refractivity contribution is 0.105. The highest BCUT2D eigenvalue weighted by Crippen LogP contribution is 2.04. The third-order valence-electron chi connectivity index (χ3n) is 2.69. The smallest absolute Gasteiger partial charge is 0.236 e. The Bertz CT molecular complexity index is 607. The maximum atomic E-state index is 11.8. The maximum absolute atomic E-state index is 11.8. The molecule has 0 radical (unpaired) electrons. The lowest BCUT2D eigenvalue weighted by atomic mass is 10.1. The molecule has 0 aliphatic rings. The van der Waals surface area contributed by atoms with E-state index in [-0.39, 0.29) is 5.78 Å². The van der Waals surface area contributed by atoms with E-state index in [2.05, 4.69) is 11.8 Å². The van der Waals surface area contributed by atoms with Crippen LogP contribution in [0.5, 0.6) is 0 Å². The first-order chi connectivity index (χ1) is 8.65. The minimum absolute atomic E-state index is 0.143. The highest BCUT2D eigenvalue weighted by atomic mass is 16.1. The van der Waals surface area contributed by atoms with Crippen LogP contribution < -0.4 is 0 Å². The van der Waals surface area contributed by atoms with Crippen LogP contribution in [0.15, 0.2) is 48.5 Å². The molecule has 0 fully saturated rings. The van der Waals surface area contributed by atoms with Gasteiger partial charge in [-0.25, -0.2) is 0 Å². The van der Waals surface area contributed by atoms with Gasteiger partial charge in [0.2, 0.25) is 5.78 Å². The Kier molecular flexibility index (Phi) is 3.60.